The van der Waals surface area contributed by atoms with Crippen molar-refractivity contribution in [2.75, 3.05) is 0 Å². The lowest BCUT2D eigenvalue weighted by Crippen LogP contribution is -2.33. The zero-order chi connectivity index (χ0) is 23.2. The molecule has 0 bridgehead atoms. The van der Waals surface area contributed by atoms with Crippen LogP contribution in [0.15, 0.2) is 79.5 Å². The molecule has 168 valence electrons. The molecule has 10 heteroatoms. The van der Waals surface area contributed by atoms with E-state index < -0.39 is 27.7 Å². The summed E-state index contributed by atoms with van der Waals surface area (Å²) in [5.74, 6) is -1.22. The van der Waals surface area contributed by atoms with Crippen LogP contribution in [0.5, 0.6) is 0 Å². The first-order chi connectivity index (χ1) is 15.8. The van der Waals surface area contributed by atoms with Crippen molar-refractivity contribution in [3.05, 3.63) is 98.4 Å². The number of aromatic amines is 1. The van der Waals surface area contributed by atoms with Crippen molar-refractivity contribution >= 4 is 26.0 Å². The van der Waals surface area contributed by atoms with E-state index in [2.05, 4.69) is 54.0 Å². The highest BCUT2D eigenvalue weighted by Crippen LogP contribution is 2.44. The summed E-state index contributed by atoms with van der Waals surface area (Å²) >= 11 is 3.26. The van der Waals surface area contributed by atoms with Gasteiger partial charge in [0.1, 0.15) is 6.04 Å². The number of pyridine rings is 1. The van der Waals surface area contributed by atoms with Crippen LogP contribution in [0.3, 0.4) is 0 Å². The Morgan fingerprint density at radius 3 is 2.61 bits per heavy atom. The third-order valence-electron chi connectivity index (χ3n) is 5.82. The molecule has 0 saturated carbocycles. The molecule has 0 amide bonds. The fourth-order valence-electron chi connectivity index (χ4n) is 4.27. The summed E-state index contributed by atoms with van der Waals surface area (Å²) in [7, 11) is -4.04. The summed E-state index contributed by atoms with van der Waals surface area (Å²) < 4.78 is 34.8. The summed E-state index contributed by atoms with van der Waals surface area (Å²) in [6, 6.07) is 16.2. The van der Waals surface area contributed by atoms with Crippen molar-refractivity contribution in [1.82, 2.24) is 19.9 Å². The molecule has 0 fully saturated rings. The highest BCUT2D eigenvalue weighted by molar-refractivity contribution is 9.10. The average molecular weight is 527 g/mol. The van der Waals surface area contributed by atoms with Gasteiger partial charge in [0, 0.05) is 16.6 Å². The molecule has 0 saturated heterocycles. The second kappa shape index (κ2) is 8.36. The molecule has 2 aromatic heterocycles. The van der Waals surface area contributed by atoms with Crippen molar-refractivity contribution in [2.24, 2.45) is 0 Å². The maximum absolute atomic E-state index is 13.2. The van der Waals surface area contributed by atoms with Crippen molar-refractivity contribution < 1.29 is 12.8 Å². The monoisotopic (exact) mass is 526 g/mol. The Hall–Kier alpha value is -3.08. The minimum absolute atomic E-state index is 0.0444. The fourth-order valence-corrected chi connectivity index (χ4v) is 5.70. The lowest BCUT2D eigenvalue weighted by molar-refractivity contribution is 0.382. The quantitative estimate of drug-likeness (QED) is 0.346. The van der Waals surface area contributed by atoms with Gasteiger partial charge in [-0.1, -0.05) is 49.4 Å². The standard InChI is InChI=1S/C23H19BrN4O4S/c1-13(17-8-4-6-15-11-14-5-2-3-7-18(14)20(15)17)21(22-26-27-23(29)32-22)28-33(30,31)19-10-9-16(24)12-25-19/h2-10,12-13,21,28H,11H2,1H3,(H,27,29). The third-order valence-corrected chi connectivity index (χ3v) is 7.65. The number of hydrogen-bond acceptors (Lipinski definition) is 6. The number of benzene rings is 2. The van der Waals surface area contributed by atoms with Crippen LogP contribution in [0.25, 0.3) is 11.1 Å². The third kappa shape index (κ3) is 4.05. The molecule has 2 N–H and O–H groups in total. The van der Waals surface area contributed by atoms with Gasteiger partial charge in [-0.25, -0.2) is 23.3 Å². The molecule has 5 rings (SSSR count). The zero-order valence-electron chi connectivity index (χ0n) is 17.4. The van der Waals surface area contributed by atoms with Gasteiger partial charge in [0.2, 0.25) is 5.89 Å². The van der Waals surface area contributed by atoms with Crippen LogP contribution >= 0.6 is 15.9 Å². The molecule has 1 aliphatic carbocycles. The zero-order valence-corrected chi connectivity index (χ0v) is 19.9. The molecule has 1 aliphatic rings. The van der Waals surface area contributed by atoms with Crippen molar-refractivity contribution in [3.8, 4) is 11.1 Å². The van der Waals surface area contributed by atoms with Crippen LogP contribution in [-0.2, 0) is 16.4 Å². The van der Waals surface area contributed by atoms with Gasteiger partial charge in [-0.3, -0.25) is 0 Å². The second-order valence-electron chi connectivity index (χ2n) is 7.87. The molecule has 0 aliphatic heterocycles. The molecule has 8 nitrogen and oxygen atoms in total. The predicted molar refractivity (Wildman–Crippen MR) is 125 cm³/mol. The van der Waals surface area contributed by atoms with Gasteiger partial charge in [-0.15, -0.1) is 5.10 Å². The first-order valence-corrected chi connectivity index (χ1v) is 12.5. The van der Waals surface area contributed by atoms with Gasteiger partial charge in [-0.2, -0.15) is 4.72 Å². The summed E-state index contributed by atoms with van der Waals surface area (Å²) in [6.45, 7) is 1.88. The van der Waals surface area contributed by atoms with Crippen LogP contribution in [0.2, 0.25) is 0 Å². The number of rotatable bonds is 6. The fraction of sp³-hybridized carbons (Fsp3) is 0.174. The summed E-state index contributed by atoms with van der Waals surface area (Å²) in [6.07, 6.45) is 2.21. The first-order valence-electron chi connectivity index (χ1n) is 10.2. The smallest absolute Gasteiger partial charge is 0.391 e. The summed E-state index contributed by atoms with van der Waals surface area (Å²) in [4.78, 5) is 15.7. The lowest BCUT2D eigenvalue weighted by atomic mass is 9.87. The minimum Gasteiger partial charge on any atom is -0.391 e. The Kier molecular flexibility index (Phi) is 5.51. The minimum atomic E-state index is -4.04. The van der Waals surface area contributed by atoms with Crippen molar-refractivity contribution in [2.45, 2.75) is 30.3 Å². The summed E-state index contributed by atoms with van der Waals surface area (Å²) in [5, 5.41) is 6.01. The van der Waals surface area contributed by atoms with E-state index >= 15 is 0 Å². The predicted octanol–water partition coefficient (Wildman–Crippen LogP) is 3.91. The van der Waals surface area contributed by atoms with E-state index in [1.54, 1.807) is 6.07 Å². The van der Waals surface area contributed by atoms with Crippen LogP contribution in [0, 0.1) is 0 Å². The first kappa shape index (κ1) is 21.7. The Balaban J connectivity index is 1.59. The Morgan fingerprint density at radius 1 is 1.09 bits per heavy atom. The Morgan fingerprint density at radius 2 is 1.88 bits per heavy atom. The maximum atomic E-state index is 13.2. The number of halogens is 1. The highest BCUT2D eigenvalue weighted by Gasteiger charge is 2.34. The number of nitrogens with one attached hydrogen (secondary N) is 2. The molecule has 0 radical (unpaired) electrons. The molecule has 4 aromatic rings. The number of hydrogen-bond donors (Lipinski definition) is 2. The molecule has 0 spiro atoms. The van der Waals surface area contributed by atoms with Crippen LogP contribution < -0.4 is 10.5 Å². The Labute approximate surface area is 198 Å². The molecule has 2 heterocycles. The van der Waals surface area contributed by atoms with Gasteiger partial charge in [0.15, 0.2) is 5.03 Å². The van der Waals surface area contributed by atoms with E-state index in [1.165, 1.54) is 23.4 Å². The van der Waals surface area contributed by atoms with E-state index in [-0.39, 0.29) is 10.9 Å². The van der Waals surface area contributed by atoms with Gasteiger partial charge in [-0.05, 0) is 62.3 Å². The van der Waals surface area contributed by atoms with E-state index in [0.717, 1.165) is 23.1 Å². The number of nitrogens with zero attached hydrogens (tertiary/aromatic N) is 2. The number of H-pyrrole nitrogens is 1. The van der Waals surface area contributed by atoms with Gasteiger partial charge in [0.25, 0.3) is 10.0 Å². The largest absolute Gasteiger partial charge is 0.434 e. The maximum Gasteiger partial charge on any atom is 0.434 e. The molecular weight excluding hydrogens is 508 g/mol. The van der Waals surface area contributed by atoms with Crippen LogP contribution in [-0.4, -0.2) is 23.6 Å². The van der Waals surface area contributed by atoms with E-state index in [1.807, 2.05) is 31.2 Å². The average Bonchev–Trinajstić information content (AvgIpc) is 3.40. The molecular formula is C23H19BrN4O4S. The number of sulfonamides is 1. The van der Waals surface area contributed by atoms with Crippen LogP contribution in [0.4, 0.5) is 0 Å². The van der Waals surface area contributed by atoms with Gasteiger partial charge >= 0.3 is 5.76 Å². The molecule has 33 heavy (non-hydrogen) atoms. The highest BCUT2D eigenvalue weighted by atomic mass is 79.9. The van der Waals surface area contributed by atoms with Gasteiger partial charge < -0.3 is 4.42 Å². The second-order valence-corrected chi connectivity index (χ2v) is 10.4. The van der Waals surface area contributed by atoms with E-state index in [0.29, 0.717) is 4.47 Å². The van der Waals surface area contributed by atoms with Gasteiger partial charge in [0.05, 0.1) is 0 Å². The SMILES string of the molecule is CC(c1cccc2c1-c1ccccc1C2)C(NS(=O)(=O)c1ccc(Br)cn1)c1n[nH]c(=O)o1. The van der Waals surface area contributed by atoms with Crippen molar-refractivity contribution in [3.63, 3.8) is 0 Å². The number of fused-ring (bicyclic) bond motifs is 3. The van der Waals surface area contributed by atoms with Crippen LogP contribution in [0.1, 0.15) is 41.5 Å². The molecule has 2 aromatic carbocycles. The normalized spacial score (nSPS) is 14.5. The molecule has 2 atom stereocenters. The molecule has 2 unspecified atom stereocenters. The summed E-state index contributed by atoms with van der Waals surface area (Å²) in [5.41, 5.74) is 5.51. The number of aromatic nitrogens is 3. The topological polar surface area (TPSA) is 118 Å². The van der Waals surface area contributed by atoms with E-state index in [9.17, 15) is 13.2 Å². The Bertz CT molecular complexity index is 1500. The van der Waals surface area contributed by atoms with E-state index in [4.69, 9.17) is 4.42 Å². The van der Waals surface area contributed by atoms with Crippen molar-refractivity contribution in [1.29, 1.82) is 0 Å². The lowest BCUT2D eigenvalue weighted by Gasteiger charge is -2.24.